The van der Waals surface area contributed by atoms with Crippen LogP contribution in [0.3, 0.4) is 0 Å². The number of carboxylic acid groups (broad SMARTS) is 1. The van der Waals surface area contributed by atoms with Crippen molar-refractivity contribution in [3.63, 3.8) is 0 Å². The lowest BCUT2D eigenvalue weighted by Crippen LogP contribution is -2.47. The molecule has 38 heavy (non-hydrogen) atoms. The van der Waals surface area contributed by atoms with Crippen molar-refractivity contribution in [2.24, 2.45) is 11.8 Å². The zero-order chi connectivity index (χ0) is 27.2. The Morgan fingerprint density at radius 2 is 1.87 bits per heavy atom. The molecule has 7 nitrogen and oxygen atoms in total. The molecule has 11 heteroatoms. The summed E-state index contributed by atoms with van der Waals surface area (Å²) in [5.74, 6) is -0.745. The third-order valence-corrected chi connectivity index (χ3v) is 9.27. The SMILES string of the molecule is Cc1cc(C(F)(F)F)nn1CC(=O)N1CCC([C@H]2SC=C(C(=O)O)N2C2c3ccccc3CCC2C)CC1. The number of fused-ring (bicyclic) bond motifs is 1. The molecule has 0 spiro atoms. The first-order valence-electron chi connectivity index (χ1n) is 12.9. The van der Waals surface area contributed by atoms with Gasteiger partial charge in [0, 0.05) is 24.2 Å². The molecule has 5 rings (SSSR count). The molecule has 2 aliphatic heterocycles. The second-order valence-corrected chi connectivity index (χ2v) is 11.4. The Kier molecular flexibility index (Phi) is 7.23. The molecule has 1 aromatic carbocycles. The number of carbonyl (C=O) groups excluding carboxylic acids is 1. The van der Waals surface area contributed by atoms with E-state index in [1.165, 1.54) is 18.1 Å². The van der Waals surface area contributed by atoms with Gasteiger partial charge in [-0.25, -0.2) is 4.79 Å². The molecule has 2 unspecified atom stereocenters. The lowest BCUT2D eigenvalue weighted by Gasteiger charge is -2.46. The Hall–Kier alpha value is -2.95. The van der Waals surface area contributed by atoms with Gasteiger partial charge in [-0.15, -0.1) is 11.8 Å². The third kappa shape index (κ3) is 5.04. The van der Waals surface area contributed by atoms with Crippen LogP contribution in [0.5, 0.6) is 0 Å². The average molecular weight is 549 g/mol. The van der Waals surface area contributed by atoms with Crippen molar-refractivity contribution in [1.29, 1.82) is 0 Å². The molecular weight excluding hydrogens is 517 g/mol. The maximum absolute atomic E-state index is 13.0. The second-order valence-electron chi connectivity index (χ2n) is 10.4. The molecular formula is C27H31F3N4O3S. The number of hydrogen-bond acceptors (Lipinski definition) is 5. The minimum atomic E-state index is -4.55. The van der Waals surface area contributed by atoms with Gasteiger partial charge in [-0.05, 0) is 61.6 Å². The summed E-state index contributed by atoms with van der Waals surface area (Å²) in [6.45, 7) is 4.39. The molecule has 0 saturated carbocycles. The van der Waals surface area contributed by atoms with Crippen LogP contribution in [0, 0.1) is 18.8 Å². The van der Waals surface area contributed by atoms with Crippen molar-refractivity contribution in [2.45, 2.75) is 63.7 Å². The highest BCUT2D eigenvalue weighted by Crippen LogP contribution is 2.49. The molecule has 3 atom stereocenters. The number of halogens is 3. The van der Waals surface area contributed by atoms with Crippen LogP contribution in [-0.4, -0.2) is 55.0 Å². The molecule has 204 valence electrons. The standard InChI is InChI=1S/C27H31F3N4O3S/c1-16-7-8-18-5-3-4-6-20(18)24(16)34-21(26(36)37)15-38-25(34)19-9-11-32(12-10-19)23(35)14-33-17(2)13-22(31-33)27(28,29)30/h3-6,13,15-16,19,24-25H,7-12,14H2,1-2H3,(H,36,37)/t16?,24?,25-/m1/s1. The Morgan fingerprint density at radius 1 is 1.16 bits per heavy atom. The summed E-state index contributed by atoms with van der Waals surface area (Å²) in [5.41, 5.74) is 2.06. The van der Waals surface area contributed by atoms with Crippen LogP contribution in [-0.2, 0) is 28.7 Å². The Morgan fingerprint density at radius 3 is 2.53 bits per heavy atom. The molecule has 1 aromatic heterocycles. The first-order chi connectivity index (χ1) is 18.0. The molecule has 1 N–H and O–H groups in total. The minimum Gasteiger partial charge on any atom is -0.477 e. The number of hydrogen-bond donors (Lipinski definition) is 1. The fourth-order valence-corrected chi connectivity index (χ4v) is 7.36. The van der Waals surface area contributed by atoms with Crippen molar-refractivity contribution < 1.29 is 27.9 Å². The van der Waals surface area contributed by atoms with E-state index in [2.05, 4.69) is 29.1 Å². The molecule has 2 aromatic rings. The summed E-state index contributed by atoms with van der Waals surface area (Å²) >= 11 is 1.54. The van der Waals surface area contributed by atoms with Crippen LogP contribution in [0.25, 0.3) is 0 Å². The van der Waals surface area contributed by atoms with E-state index in [9.17, 15) is 27.9 Å². The number of likely N-dealkylation sites (tertiary alicyclic amines) is 1. The van der Waals surface area contributed by atoms with E-state index in [0.717, 1.165) is 23.6 Å². The van der Waals surface area contributed by atoms with Crippen molar-refractivity contribution in [3.05, 3.63) is 64.0 Å². The number of piperidine rings is 1. The number of aryl methyl sites for hydroxylation is 2. The van der Waals surface area contributed by atoms with E-state index in [0.29, 0.717) is 31.6 Å². The molecule has 3 aliphatic rings. The van der Waals surface area contributed by atoms with Gasteiger partial charge in [0.2, 0.25) is 5.91 Å². The van der Waals surface area contributed by atoms with Crippen LogP contribution in [0.4, 0.5) is 13.2 Å². The number of aromatic nitrogens is 2. The second kappa shape index (κ2) is 10.3. The number of carboxylic acids is 1. The first kappa shape index (κ1) is 26.6. The fraction of sp³-hybridized carbons (Fsp3) is 0.519. The maximum Gasteiger partial charge on any atom is 0.435 e. The van der Waals surface area contributed by atoms with Gasteiger partial charge < -0.3 is 14.9 Å². The highest BCUT2D eigenvalue weighted by molar-refractivity contribution is 8.03. The zero-order valence-corrected chi connectivity index (χ0v) is 22.1. The van der Waals surface area contributed by atoms with Crippen LogP contribution in [0.1, 0.15) is 54.7 Å². The monoisotopic (exact) mass is 548 g/mol. The van der Waals surface area contributed by atoms with Gasteiger partial charge >= 0.3 is 12.1 Å². The molecule has 3 heterocycles. The van der Waals surface area contributed by atoms with Crippen LogP contribution < -0.4 is 0 Å². The third-order valence-electron chi connectivity index (χ3n) is 8.02. The number of thioether (sulfide) groups is 1. The van der Waals surface area contributed by atoms with Gasteiger partial charge in [0.15, 0.2) is 5.69 Å². The molecule has 1 aliphatic carbocycles. The molecule has 1 saturated heterocycles. The maximum atomic E-state index is 13.0. The van der Waals surface area contributed by atoms with Gasteiger partial charge in [0.05, 0.1) is 11.4 Å². The highest BCUT2D eigenvalue weighted by atomic mass is 32.2. The van der Waals surface area contributed by atoms with E-state index >= 15 is 0 Å². The quantitative estimate of drug-likeness (QED) is 0.562. The number of nitrogens with zero attached hydrogens (tertiary/aromatic N) is 4. The van der Waals surface area contributed by atoms with E-state index < -0.39 is 17.8 Å². The highest BCUT2D eigenvalue weighted by Gasteiger charge is 2.44. The summed E-state index contributed by atoms with van der Waals surface area (Å²) < 4.78 is 40.1. The Labute approximate surface area is 223 Å². The summed E-state index contributed by atoms with van der Waals surface area (Å²) in [7, 11) is 0. The van der Waals surface area contributed by atoms with Crippen LogP contribution in [0.15, 0.2) is 41.4 Å². The first-order valence-corrected chi connectivity index (χ1v) is 13.8. The van der Waals surface area contributed by atoms with Crippen molar-refractivity contribution in [2.75, 3.05) is 13.1 Å². The van der Waals surface area contributed by atoms with E-state index in [-0.39, 0.29) is 41.4 Å². The molecule has 1 fully saturated rings. The van der Waals surface area contributed by atoms with E-state index in [1.807, 2.05) is 12.1 Å². The summed E-state index contributed by atoms with van der Waals surface area (Å²) in [6.07, 6.45) is -1.21. The largest absolute Gasteiger partial charge is 0.477 e. The lowest BCUT2D eigenvalue weighted by molar-refractivity contribution is -0.142. The Balaban J connectivity index is 1.29. The zero-order valence-electron chi connectivity index (χ0n) is 21.3. The minimum absolute atomic E-state index is 0.0346. The normalized spacial score (nSPS) is 24.3. The topological polar surface area (TPSA) is 78.7 Å². The van der Waals surface area contributed by atoms with Crippen molar-refractivity contribution >= 4 is 23.6 Å². The summed E-state index contributed by atoms with van der Waals surface area (Å²) in [5, 5.41) is 15.3. The van der Waals surface area contributed by atoms with Crippen LogP contribution >= 0.6 is 11.8 Å². The van der Waals surface area contributed by atoms with Gasteiger partial charge in [-0.2, -0.15) is 18.3 Å². The van der Waals surface area contributed by atoms with E-state index in [1.54, 1.807) is 22.1 Å². The number of amides is 1. The average Bonchev–Trinajstić information content (AvgIpc) is 3.48. The predicted octanol–water partition coefficient (Wildman–Crippen LogP) is 5.07. The van der Waals surface area contributed by atoms with Gasteiger partial charge in [0.25, 0.3) is 0 Å². The fourth-order valence-electron chi connectivity index (χ4n) is 6.00. The number of rotatable bonds is 5. The Bertz CT molecular complexity index is 1250. The van der Waals surface area contributed by atoms with Gasteiger partial charge in [0.1, 0.15) is 12.2 Å². The molecule has 0 radical (unpaired) electrons. The molecule has 1 amide bonds. The number of carbonyl (C=O) groups is 2. The predicted molar refractivity (Wildman–Crippen MR) is 137 cm³/mol. The summed E-state index contributed by atoms with van der Waals surface area (Å²) in [4.78, 5) is 29.0. The summed E-state index contributed by atoms with van der Waals surface area (Å²) in [6, 6.07) is 9.18. The van der Waals surface area contributed by atoms with Gasteiger partial charge in [-0.3, -0.25) is 9.48 Å². The van der Waals surface area contributed by atoms with E-state index in [4.69, 9.17) is 0 Å². The number of aliphatic carboxylic acids is 1. The van der Waals surface area contributed by atoms with Crippen LogP contribution in [0.2, 0.25) is 0 Å². The van der Waals surface area contributed by atoms with Crippen molar-refractivity contribution in [3.8, 4) is 0 Å². The number of benzene rings is 1. The lowest BCUT2D eigenvalue weighted by atomic mass is 9.79. The number of alkyl halides is 3. The van der Waals surface area contributed by atoms with Crippen molar-refractivity contribution in [1.82, 2.24) is 19.6 Å². The van der Waals surface area contributed by atoms with Gasteiger partial charge in [-0.1, -0.05) is 31.2 Å². The molecule has 0 bridgehead atoms. The smallest absolute Gasteiger partial charge is 0.435 e.